The molecule has 1 aliphatic carbocycles. The fraction of sp³-hybridized carbons (Fsp3) is 0.385. The van der Waals surface area contributed by atoms with Crippen LogP contribution in [0.25, 0.3) is 5.57 Å². The molecule has 74 valence electrons. The fourth-order valence-corrected chi connectivity index (χ4v) is 2.68. The van der Waals surface area contributed by atoms with E-state index in [9.17, 15) is 0 Å². The average Bonchev–Trinajstić information content (AvgIpc) is 2.72. The van der Waals surface area contributed by atoms with Crippen molar-refractivity contribution in [2.24, 2.45) is 0 Å². The molecule has 0 N–H and O–H groups in total. The van der Waals surface area contributed by atoms with Crippen molar-refractivity contribution in [3.8, 4) is 0 Å². The van der Waals surface area contributed by atoms with E-state index in [0.717, 1.165) is 0 Å². The van der Waals surface area contributed by atoms with E-state index in [4.69, 9.17) is 0 Å². The molecule has 1 aliphatic rings. The second kappa shape index (κ2) is 4.60. The average molecular weight is 202 g/mol. The van der Waals surface area contributed by atoms with Crippen LogP contribution in [-0.4, -0.2) is 10.2 Å². The summed E-state index contributed by atoms with van der Waals surface area (Å²) in [6.07, 6.45) is 7.56. The maximum Gasteiger partial charge on any atom is 0.00321 e. The van der Waals surface area contributed by atoms with Crippen LogP contribution >= 0.6 is 0 Å². The van der Waals surface area contributed by atoms with Crippen molar-refractivity contribution in [1.82, 2.24) is 0 Å². The Morgan fingerprint density at radius 1 is 1.14 bits per heavy atom. The zero-order valence-electron chi connectivity index (χ0n) is 8.92. The summed E-state index contributed by atoms with van der Waals surface area (Å²) in [6, 6.07) is 10.6. The third kappa shape index (κ3) is 2.15. The minimum atomic E-state index is 1.27. The van der Waals surface area contributed by atoms with E-state index in [1.54, 1.807) is 5.57 Å². The summed E-state index contributed by atoms with van der Waals surface area (Å²) < 4.78 is 0. The molecule has 0 atom stereocenters. The van der Waals surface area contributed by atoms with Gasteiger partial charge in [0.15, 0.2) is 0 Å². The van der Waals surface area contributed by atoms with Crippen molar-refractivity contribution in [3.05, 3.63) is 41.5 Å². The Kier molecular flexibility index (Phi) is 3.20. The SMILES string of the molecule is [SiH3]CCc1ccc(C2=CCCC2)cc1. The Labute approximate surface area is 89.5 Å². The number of benzene rings is 1. The second-order valence-corrected chi connectivity index (χ2v) is 5.07. The number of allylic oxidation sites excluding steroid dienone is 2. The topological polar surface area (TPSA) is 0 Å². The van der Waals surface area contributed by atoms with Crippen molar-refractivity contribution in [3.63, 3.8) is 0 Å². The first kappa shape index (κ1) is 9.72. The quantitative estimate of drug-likeness (QED) is 0.661. The van der Waals surface area contributed by atoms with Gasteiger partial charge in [0.1, 0.15) is 0 Å². The van der Waals surface area contributed by atoms with E-state index < -0.39 is 0 Å². The van der Waals surface area contributed by atoms with E-state index in [-0.39, 0.29) is 0 Å². The van der Waals surface area contributed by atoms with Gasteiger partial charge in [-0.2, -0.15) is 0 Å². The van der Waals surface area contributed by atoms with Crippen LogP contribution in [0.4, 0.5) is 0 Å². The summed E-state index contributed by atoms with van der Waals surface area (Å²) in [4.78, 5) is 0. The Morgan fingerprint density at radius 3 is 2.50 bits per heavy atom. The number of hydrogen-bond acceptors (Lipinski definition) is 0. The minimum absolute atomic E-state index is 1.27. The predicted molar refractivity (Wildman–Crippen MR) is 66.7 cm³/mol. The van der Waals surface area contributed by atoms with E-state index in [2.05, 4.69) is 30.3 Å². The van der Waals surface area contributed by atoms with Crippen LogP contribution in [0.3, 0.4) is 0 Å². The van der Waals surface area contributed by atoms with Gasteiger partial charge in [-0.15, -0.1) is 0 Å². The molecule has 1 aromatic carbocycles. The van der Waals surface area contributed by atoms with Crippen LogP contribution in [0.5, 0.6) is 0 Å². The van der Waals surface area contributed by atoms with Crippen molar-refractivity contribution in [1.29, 1.82) is 0 Å². The summed E-state index contributed by atoms with van der Waals surface area (Å²) in [5, 5.41) is 0. The number of aryl methyl sites for hydroxylation is 1. The first-order valence-electron chi connectivity index (χ1n) is 5.68. The maximum atomic E-state index is 2.39. The molecule has 0 saturated carbocycles. The van der Waals surface area contributed by atoms with Gasteiger partial charge in [-0.25, -0.2) is 0 Å². The molecular weight excluding hydrogens is 184 g/mol. The van der Waals surface area contributed by atoms with E-state index in [1.165, 1.54) is 53.1 Å². The predicted octanol–water partition coefficient (Wildman–Crippen LogP) is 2.58. The molecule has 1 aromatic rings. The largest absolute Gasteiger partial charge is 0.0807 e. The molecule has 0 aromatic heterocycles. The Morgan fingerprint density at radius 2 is 1.93 bits per heavy atom. The van der Waals surface area contributed by atoms with Gasteiger partial charge < -0.3 is 0 Å². The highest BCUT2D eigenvalue weighted by molar-refractivity contribution is 6.08. The molecule has 0 fully saturated rings. The first-order valence-corrected chi connectivity index (χ1v) is 7.10. The molecule has 0 aliphatic heterocycles. The van der Waals surface area contributed by atoms with Crippen LogP contribution in [0, 0.1) is 0 Å². The van der Waals surface area contributed by atoms with Crippen LogP contribution in [0.15, 0.2) is 30.3 Å². The Bertz CT molecular complexity index is 322. The van der Waals surface area contributed by atoms with Crippen molar-refractivity contribution >= 4 is 15.8 Å². The minimum Gasteiger partial charge on any atom is -0.0807 e. The van der Waals surface area contributed by atoms with E-state index >= 15 is 0 Å². The highest BCUT2D eigenvalue weighted by atomic mass is 28.1. The molecule has 2 rings (SSSR count). The zero-order valence-corrected chi connectivity index (χ0v) is 10.9. The van der Waals surface area contributed by atoms with Gasteiger partial charge in [-0.1, -0.05) is 36.4 Å². The first-order chi connectivity index (χ1) is 6.90. The summed E-state index contributed by atoms with van der Waals surface area (Å²) in [5.41, 5.74) is 4.50. The highest BCUT2D eigenvalue weighted by Gasteiger charge is 2.06. The smallest absolute Gasteiger partial charge is 0.00321 e. The van der Waals surface area contributed by atoms with Crippen molar-refractivity contribution in [2.75, 3.05) is 0 Å². The standard InChI is InChI=1S/C13H18Si/c14-10-9-11-5-7-13(8-6-11)12-3-1-2-4-12/h3,5-8H,1-2,4,9-10H2,14H3. The van der Waals surface area contributed by atoms with Gasteiger partial charge in [-0.05, 0) is 42.4 Å². The molecular formula is C13H18Si. The maximum absolute atomic E-state index is 2.39. The molecule has 1 heteroatoms. The molecule has 0 spiro atoms. The third-order valence-electron chi connectivity index (χ3n) is 2.90. The molecule has 0 radical (unpaired) electrons. The van der Waals surface area contributed by atoms with Crippen LogP contribution in [0.1, 0.15) is 30.4 Å². The fourth-order valence-electron chi connectivity index (χ4n) is 2.11. The monoisotopic (exact) mass is 202 g/mol. The summed E-state index contributed by atoms with van der Waals surface area (Å²) >= 11 is 0. The summed E-state index contributed by atoms with van der Waals surface area (Å²) in [6.45, 7) is 0. The molecule has 0 nitrogen and oxygen atoms in total. The van der Waals surface area contributed by atoms with Crippen molar-refractivity contribution < 1.29 is 0 Å². The van der Waals surface area contributed by atoms with Gasteiger partial charge in [0, 0.05) is 10.2 Å². The molecule has 0 unspecified atom stereocenters. The van der Waals surface area contributed by atoms with Crippen molar-refractivity contribution in [2.45, 2.75) is 31.7 Å². The number of rotatable bonds is 3. The van der Waals surface area contributed by atoms with Crippen LogP contribution < -0.4 is 0 Å². The van der Waals surface area contributed by atoms with E-state index in [1.807, 2.05) is 0 Å². The lowest BCUT2D eigenvalue weighted by atomic mass is 10.0. The lowest BCUT2D eigenvalue weighted by molar-refractivity contribution is 0.935. The van der Waals surface area contributed by atoms with Gasteiger partial charge in [0.05, 0.1) is 0 Å². The Hall–Kier alpha value is -0.823. The Balaban J connectivity index is 2.13. The van der Waals surface area contributed by atoms with Gasteiger partial charge >= 0.3 is 0 Å². The molecule has 0 saturated heterocycles. The van der Waals surface area contributed by atoms with E-state index in [0.29, 0.717) is 0 Å². The zero-order chi connectivity index (χ0) is 9.80. The van der Waals surface area contributed by atoms with Gasteiger partial charge in [0.2, 0.25) is 0 Å². The van der Waals surface area contributed by atoms with Crippen LogP contribution in [0.2, 0.25) is 6.04 Å². The number of hydrogen-bond donors (Lipinski definition) is 0. The van der Waals surface area contributed by atoms with Gasteiger partial charge in [-0.3, -0.25) is 0 Å². The highest BCUT2D eigenvalue weighted by Crippen LogP contribution is 2.27. The summed E-state index contributed by atoms with van der Waals surface area (Å²) in [7, 11) is 1.32. The lowest BCUT2D eigenvalue weighted by Gasteiger charge is -2.03. The second-order valence-electron chi connectivity index (χ2n) is 4.07. The molecule has 0 amide bonds. The third-order valence-corrected chi connectivity index (χ3v) is 3.40. The normalized spacial score (nSPS) is 15.9. The summed E-state index contributed by atoms with van der Waals surface area (Å²) in [5.74, 6) is 0. The van der Waals surface area contributed by atoms with Crippen LogP contribution in [-0.2, 0) is 6.42 Å². The lowest BCUT2D eigenvalue weighted by Crippen LogP contribution is -1.85. The molecule has 14 heavy (non-hydrogen) atoms. The molecule has 0 bridgehead atoms. The van der Waals surface area contributed by atoms with Gasteiger partial charge in [0.25, 0.3) is 0 Å². The molecule has 0 heterocycles.